The second-order valence-corrected chi connectivity index (χ2v) is 2.42. The normalized spacial score (nSPS) is 10.2. The quantitative estimate of drug-likeness (QED) is 0.699. The average Bonchev–Trinajstić information content (AvgIpc) is 2.44. The lowest BCUT2D eigenvalue weighted by Crippen LogP contribution is -2.06. The van der Waals surface area contributed by atoms with Crippen LogP contribution < -0.4 is 5.32 Å². The van der Waals surface area contributed by atoms with E-state index in [0.29, 0.717) is 11.1 Å². The zero-order chi connectivity index (χ0) is 9.26. The monoisotopic (exact) mass is 178 g/mol. The fourth-order valence-corrected chi connectivity index (χ4v) is 1.02. The maximum atomic E-state index is 10.2. The number of rotatable bonds is 1. The maximum Gasteiger partial charge on any atom is 0.412 e. The third-order valence-electron chi connectivity index (χ3n) is 1.51. The highest BCUT2D eigenvalue weighted by molar-refractivity contribution is 5.82. The van der Waals surface area contributed by atoms with E-state index in [2.05, 4.69) is 4.98 Å². The zero-order valence-corrected chi connectivity index (χ0v) is 6.52. The number of anilines is 1. The minimum absolute atomic E-state index is 0.00583. The molecule has 2 rings (SSSR count). The summed E-state index contributed by atoms with van der Waals surface area (Å²) in [5.41, 5.74) is 1.19. The van der Waals surface area contributed by atoms with E-state index >= 15 is 0 Å². The van der Waals surface area contributed by atoms with Crippen molar-refractivity contribution in [3.8, 4) is 0 Å². The molecule has 0 fully saturated rings. The largest absolute Gasteiger partial charge is 0.465 e. The van der Waals surface area contributed by atoms with Crippen LogP contribution in [0.5, 0.6) is 0 Å². The molecule has 0 aliphatic carbocycles. The van der Waals surface area contributed by atoms with Crippen LogP contribution in [0.15, 0.2) is 28.7 Å². The van der Waals surface area contributed by atoms with Gasteiger partial charge in [0.1, 0.15) is 5.52 Å². The van der Waals surface area contributed by atoms with Crippen molar-refractivity contribution in [3.05, 3.63) is 24.3 Å². The lowest BCUT2D eigenvalue weighted by atomic mass is 10.3. The van der Waals surface area contributed by atoms with Crippen molar-refractivity contribution in [3.63, 3.8) is 0 Å². The molecule has 13 heavy (non-hydrogen) atoms. The molecule has 2 N–H and O–H groups in total. The summed E-state index contributed by atoms with van der Waals surface area (Å²) in [5.74, 6) is 0. The number of nitrogens with zero attached hydrogens (tertiary/aromatic N) is 1. The Balaban J connectivity index is 2.44. The first kappa shape index (κ1) is 7.60. The van der Waals surface area contributed by atoms with E-state index in [9.17, 15) is 4.79 Å². The summed E-state index contributed by atoms with van der Waals surface area (Å²) < 4.78 is 5.08. The molecule has 1 aromatic carbocycles. The van der Waals surface area contributed by atoms with Crippen LogP contribution in [0.3, 0.4) is 0 Å². The highest BCUT2D eigenvalue weighted by Crippen LogP contribution is 2.17. The first-order chi connectivity index (χ1) is 6.25. The van der Waals surface area contributed by atoms with Gasteiger partial charge < -0.3 is 9.52 Å². The molecule has 5 heteroatoms. The van der Waals surface area contributed by atoms with Gasteiger partial charge in [0, 0.05) is 0 Å². The van der Waals surface area contributed by atoms with Crippen LogP contribution in [0.4, 0.5) is 10.8 Å². The summed E-state index contributed by atoms with van der Waals surface area (Å²) in [6, 6.07) is 7.04. The molecule has 1 aromatic heterocycles. The number of benzene rings is 1. The summed E-state index contributed by atoms with van der Waals surface area (Å²) in [6.45, 7) is 0. The molecule has 1 amide bonds. The number of amides is 1. The Morgan fingerprint density at radius 1 is 1.46 bits per heavy atom. The molecule has 2 aromatic rings. The van der Waals surface area contributed by atoms with Gasteiger partial charge in [0.25, 0.3) is 0 Å². The minimum Gasteiger partial charge on any atom is -0.465 e. The summed E-state index contributed by atoms with van der Waals surface area (Å²) in [7, 11) is 0. The topological polar surface area (TPSA) is 75.4 Å². The molecular weight excluding hydrogens is 172 g/mol. The highest BCUT2D eigenvalue weighted by Gasteiger charge is 2.06. The van der Waals surface area contributed by atoms with Crippen LogP contribution in [-0.4, -0.2) is 16.2 Å². The van der Waals surface area contributed by atoms with Crippen LogP contribution in [-0.2, 0) is 0 Å². The van der Waals surface area contributed by atoms with Gasteiger partial charge in [-0.3, -0.25) is 0 Å². The third-order valence-corrected chi connectivity index (χ3v) is 1.51. The molecule has 0 unspecified atom stereocenters. The van der Waals surface area contributed by atoms with Gasteiger partial charge in [-0.2, -0.15) is 4.98 Å². The first-order valence-electron chi connectivity index (χ1n) is 3.61. The Hall–Kier alpha value is -2.04. The number of carboxylic acid groups (broad SMARTS) is 1. The molecule has 1 heterocycles. The predicted octanol–water partition coefficient (Wildman–Crippen LogP) is 1.92. The second kappa shape index (κ2) is 2.78. The van der Waals surface area contributed by atoms with Crippen molar-refractivity contribution >= 4 is 23.2 Å². The zero-order valence-electron chi connectivity index (χ0n) is 6.52. The average molecular weight is 178 g/mol. The van der Waals surface area contributed by atoms with E-state index in [1.165, 1.54) is 0 Å². The molecule has 5 nitrogen and oxygen atoms in total. The highest BCUT2D eigenvalue weighted by atomic mass is 16.4. The van der Waals surface area contributed by atoms with Crippen molar-refractivity contribution in [1.29, 1.82) is 0 Å². The molecule has 66 valence electrons. The smallest absolute Gasteiger partial charge is 0.412 e. The number of oxazole rings is 1. The Morgan fingerprint density at radius 2 is 2.23 bits per heavy atom. The van der Waals surface area contributed by atoms with Crippen molar-refractivity contribution in [2.24, 2.45) is 0 Å². The summed E-state index contributed by atoms with van der Waals surface area (Å²) >= 11 is 0. The predicted molar refractivity (Wildman–Crippen MR) is 45.7 cm³/mol. The number of carbonyl (C=O) groups is 1. The molecule has 0 aliphatic rings. The number of para-hydroxylation sites is 2. The molecule has 0 saturated heterocycles. The lowest BCUT2D eigenvalue weighted by Gasteiger charge is -1.88. The Morgan fingerprint density at radius 3 is 2.92 bits per heavy atom. The van der Waals surface area contributed by atoms with Gasteiger partial charge in [0.15, 0.2) is 5.58 Å². The fraction of sp³-hybridized carbons (Fsp3) is 0. The number of aromatic nitrogens is 1. The van der Waals surface area contributed by atoms with E-state index in [-0.39, 0.29) is 6.01 Å². The van der Waals surface area contributed by atoms with Crippen LogP contribution in [0.25, 0.3) is 11.1 Å². The van der Waals surface area contributed by atoms with Crippen molar-refractivity contribution in [2.45, 2.75) is 0 Å². The van der Waals surface area contributed by atoms with Gasteiger partial charge in [0.05, 0.1) is 0 Å². The van der Waals surface area contributed by atoms with Crippen LogP contribution in [0.2, 0.25) is 0 Å². The van der Waals surface area contributed by atoms with Crippen molar-refractivity contribution in [1.82, 2.24) is 4.98 Å². The van der Waals surface area contributed by atoms with Gasteiger partial charge in [-0.15, -0.1) is 0 Å². The number of hydrogen-bond donors (Lipinski definition) is 2. The molecular formula is C8H6N2O3. The van der Waals surface area contributed by atoms with Gasteiger partial charge >= 0.3 is 12.1 Å². The SMILES string of the molecule is O=C(O)Nc1nc2ccccc2o1. The number of nitrogens with one attached hydrogen (secondary N) is 1. The summed E-state index contributed by atoms with van der Waals surface area (Å²) in [6.07, 6.45) is -1.19. The molecule has 0 radical (unpaired) electrons. The van der Waals surface area contributed by atoms with Crippen LogP contribution in [0.1, 0.15) is 0 Å². The van der Waals surface area contributed by atoms with Crippen molar-refractivity contribution in [2.75, 3.05) is 5.32 Å². The van der Waals surface area contributed by atoms with E-state index in [4.69, 9.17) is 9.52 Å². The second-order valence-electron chi connectivity index (χ2n) is 2.42. The van der Waals surface area contributed by atoms with Gasteiger partial charge in [-0.1, -0.05) is 12.1 Å². The minimum atomic E-state index is -1.19. The van der Waals surface area contributed by atoms with Gasteiger partial charge in [-0.25, -0.2) is 10.1 Å². The molecule has 0 aliphatic heterocycles. The summed E-state index contributed by atoms with van der Waals surface area (Å²) in [5, 5.41) is 10.4. The van der Waals surface area contributed by atoms with E-state index in [1.54, 1.807) is 24.3 Å². The first-order valence-corrected chi connectivity index (χ1v) is 3.61. The summed E-state index contributed by atoms with van der Waals surface area (Å²) in [4.78, 5) is 14.1. The standard InChI is InChI=1S/C8H6N2O3/c11-8(12)10-7-9-5-3-1-2-4-6(5)13-7/h1-4H,(H,9,10)(H,11,12). The number of fused-ring (bicyclic) bond motifs is 1. The van der Waals surface area contributed by atoms with E-state index in [1.807, 2.05) is 5.32 Å². The molecule has 0 saturated carbocycles. The van der Waals surface area contributed by atoms with Crippen LogP contribution in [0, 0.1) is 0 Å². The Bertz CT molecular complexity index is 416. The lowest BCUT2D eigenvalue weighted by molar-refractivity contribution is 0.209. The molecule has 0 bridgehead atoms. The third kappa shape index (κ3) is 1.44. The Kier molecular flexibility index (Phi) is 1.63. The van der Waals surface area contributed by atoms with Crippen molar-refractivity contribution < 1.29 is 14.3 Å². The van der Waals surface area contributed by atoms with E-state index in [0.717, 1.165) is 0 Å². The van der Waals surface area contributed by atoms with Crippen LogP contribution >= 0.6 is 0 Å². The fourth-order valence-electron chi connectivity index (χ4n) is 1.02. The molecule has 0 spiro atoms. The van der Waals surface area contributed by atoms with Gasteiger partial charge in [0.2, 0.25) is 0 Å². The van der Waals surface area contributed by atoms with Gasteiger partial charge in [-0.05, 0) is 12.1 Å². The Labute approximate surface area is 73.0 Å². The van der Waals surface area contributed by atoms with E-state index < -0.39 is 6.09 Å². The maximum absolute atomic E-state index is 10.2. The number of hydrogen-bond acceptors (Lipinski definition) is 3. The molecule has 0 atom stereocenters.